The fourth-order valence-corrected chi connectivity index (χ4v) is 2.08. The second kappa shape index (κ2) is 7.72. The highest BCUT2D eigenvalue weighted by Crippen LogP contribution is 1.98. The van der Waals surface area contributed by atoms with Gasteiger partial charge < -0.3 is 0 Å². The molecule has 0 spiro atoms. The van der Waals surface area contributed by atoms with Crippen LogP contribution in [0.1, 0.15) is 11.4 Å². The number of aromatic nitrogens is 1. The fraction of sp³-hybridized carbons (Fsp3) is 0.316. The van der Waals surface area contributed by atoms with Gasteiger partial charge in [0.1, 0.15) is 27.5 Å². The molecule has 1 aromatic heterocycles. The minimum atomic E-state index is -1.36. The number of nitrogens with zero attached hydrogens (tertiary/aromatic N) is 1. The third-order valence-electron chi connectivity index (χ3n) is 2.13. The van der Waals surface area contributed by atoms with Gasteiger partial charge in [-0.2, -0.15) is 0 Å². The Balaban J connectivity index is 2.87. The van der Waals surface area contributed by atoms with Crippen LogP contribution in [0.4, 0.5) is 0 Å². The van der Waals surface area contributed by atoms with E-state index in [2.05, 4.69) is 90.9 Å². The van der Waals surface area contributed by atoms with Gasteiger partial charge in [-0.05, 0) is 47.7 Å². The molecule has 0 bridgehead atoms. The molecule has 0 fully saturated rings. The van der Waals surface area contributed by atoms with E-state index < -0.39 is 16.1 Å². The van der Waals surface area contributed by atoms with Crippen LogP contribution in [-0.4, -0.2) is 21.1 Å². The molecule has 22 heavy (non-hydrogen) atoms. The smallest absolute Gasteiger partial charge is 0.130 e. The Hall–Kier alpha value is -2.18. The predicted octanol–water partition coefficient (Wildman–Crippen LogP) is 3.55. The molecule has 0 aliphatic heterocycles. The molecule has 0 atom stereocenters. The molecule has 1 aromatic rings. The van der Waals surface area contributed by atoms with Crippen LogP contribution in [0.3, 0.4) is 0 Å². The molecule has 0 aliphatic rings. The molecule has 0 N–H and O–H groups in total. The Bertz CT molecular complexity index is 712. The molecule has 1 nitrogen and oxygen atoms in total. The number of rotatable bonds is 0. The zero-order valence-electron chi connectivity index (χ0n) is 14.2. The molecule has 0 aliphatic carbocycles. The van der Waals surface area contributed by atoms with Crippen molar-refractivity contribution in [2.24, 2.45) is 0 Å². The summed E-state index contributed by atoms with van der Waals surface area (Å²) >= 11 is 0. The maximum absolute atomic E-state index is 4.38. The van der Waals surface area contributed by atoms with Gasteiger partial charge in [-0.25, -0.2) is 4.98 Å². The lowest BCUT2D eigenvalue weighted by Crippen LogP contribution is -2.16. The van der Waals surface area contributed by atoms with Crippen LogP contribution < -0.4 is 0 Å². The molecule has 0 radical (unpaired) electrons. The van der Waals surface area contributed by atoms with Crippen molar-refractivity contribution < 1.29 is 0 Å². The van der Waals surface area contributed by atoms with Crippen LogP contribution in [-0.2, 0) is 0 Å². The summed E-state index contributed by atoms with van der Waals surface area (Å²) in [6, 6.07) is 5.63. The van der Waals surface area contributed by atoms with Crippen molar-refractivity contribution in [3.05, 3.63) is 29.6 Å². The molecule has 3 heteroatoms. The van der Waals surface area contributed by atoms with Gasteiger partial charge in [-0.1, -0.05) is 45.3 Å². The van der Waals surface area contributed by atoms with E-state index in [9.17, 15) is 0 Å². The Labute approximate surface area is 137 Å². The van der Waals surface area contributed by atoms with E-state index >= 15 is 0 Å². The van der Waals surface area contributed by atoms with Crippen molar-refractivity contribution in [1.29, 1.82) is 0 Å². The third kappa shape index (κ3) is 8.89. The van der Waals surface area contributed by atoms with Gasteiger partial charge in [0.15, 0.2) is 0 Å². The van der Waals surface area contributed by atoms with Crippen LogP contribution in [0, 0.1) is 46.6 Å². The van der Waals surface area contributed by atoms with E-state index in [0.717, 1.165) is 0 Å². The number of pyridine rings is 1. The highest BCUT2D eigenvalue weighted by Gasteiger charge is 2.07. The summed E-state index contributed by atoms with van der Waals surface area (Å²) < 4.78 is 0. The summed E-state index contributed by atoms with van der Waals surface area (Å²) in [6.07, 6.45) is 0. The predicted molar refractivity (Wildman–Crippen MR) is 100 cm³/mol. The van der Waals surface area contributed by atoms with Gasteiger partial charge in [0.2, 0.25) is 0 Å². The fourth-order valence-electron chi connectivity index (χ4n) is 1.20. The van der Waals surface area contributed by atoms with Crippen molar-refractivity contribution in [2.45, 2.75) is 39.3 Å². The Kier molecular flexibility index (Phi) is 6.28. The quantitative estimate of drug-likeness (QED) is 0.526. The van der Waals surface area contributed by atoms with Crippen molar-refractivity contribution in [1.82, 2.24) is 4.98 Å². The normalized spacial score (nSPS) is 9.73. The Morgan fingerprint density at radius 1 is 0.682 bits per heavy atom. The van der Waals surface area contributed by atoms with Gasteiger partial charge in [0, 0.05) is 0 Å². The average molecular weight is 320 g/mol. The first kappa shape index (κ1) is 17.9. The van der Waals surface area contributed by atoms with Crippen LogP contribution in [0.15, 0.2) is 18.2 Å². The molecule has 1 rings (SSSR count). The lowest BCUT2D eigenvalue weighted by molar-refractivity contribution is 1.25. The third-order valence-corrected chi connectivity index (χ3v) is 3.88. The second-order valence-electron chi connectivity index (χ2n) is 6.91. The second-order valence-corrected chi connectivity index (χ2v) is 16.4. The van der Waals surface area contributed by atoms with Crippen LogP contribution in [0.25, 0.3) is 0 Å². The Morgan fingerprint density at radius 3 is 1.45 bits per heavy atom. The monoisotopic (exact) mass is 319 g/mol. The minimum Gasteiger partial charge on any atom is -0.231 e. The first-order valence-corrected chi connectivity index (χ1v) is 14.2. The molecule has 0 aromatic carbocycles. The van der Waals surface area contributed by atoms with Crippen molar-refractivity contribution in [3.63, 3.8) is 0 Å². The molecular weight excluding hydrogens is 298 g/mol. The van der Waals surface area contributed by atoms with Gasteiger partial charge in [-0.3, -0.25) is 0 Å². The summed E-state index contributed by atoms with van der Waals surface area (Å²) in [5.41, 5.74) is 7.79. The van der Waals surface area contributed by atoms with E-state index in [1.165, 1.54) is 0 Å². The highest BCUT2D eigenvalue weighted by molar-refractivity contribution is 6.84. The molecule has 1 heterocycles. The SMILES string of the molecule is C[Si](C)(C)C#CC#Cc1cccc(C#CC#C[Si](C)(C)C)n1. The van der Waals surface area contributed by atoms with Crippen LogP contribution >= 0.6 is 0 Å². The molecule has 110 valence electrons. The Morgan fingerprint density at radius 2 is 1.09 bits per heavy atom. The minimum absolute atomic E-state index is 0.690. The van der Waals surface area contributed by atoms with E-state index in [1.807, 2.05) is 18.2 Å². The molecule has 0 saturated carbocycles. The standard InChI is InChI=1S/C19H21NSi2/c1-21(2,3)16-9-7-12-18-14-11-15-19(20-18)13-8-10-17-22(4,5)6/h11,14-15H,1-6H3. The maximum atomic E-state index is 4.38. The molecule has 0 saturated heterocycles. The lowest BCUT2D eigenvalue weighted by atomic mass is 10.3. The summed E-state index contributed by atoms with van der Waals surface area (Å²) in [7, 11) is -2.72. The van der Waals surface area contributed by atoms with Gasteiger partial charge in [0.25, 0.3) is 0 Å². The zero-order valence-corrected chi connectivity index (χ0v) is 16.2. The first-order chi connectivity index (χ1) is 10.2. The van der Waals surface area contributed by atoms with Gasteiger partial charge in [-0.15, -0.1) is 11.1 Å². The molecule has 0 unspecified atom stereocenters. The van der Waals surface area contributed by atoms with E-state index in [4.69, 9.17) is 0 Å². The van der Waals surface area contributed by atoms with E-state index in [-0.39, 0.29) is 0 Å². The van der Waals surface area contributed by atoms with Crippen molar-refractivity contribution in [3.8, 4) is 46.6 Å². The number of hydrogen-bond donors (Lipinski definition) is 0. The van der Waals surface area contributed by atoms with E-state index in [1.54, 1.807) is 0 Å². The van der Waals surface area contributed by atoms with Crippen molar-refractivity contribution in [2.75, 3.05) is 0 Å². The van der Waals surface area contributed by atoms with Gasteiger partial charge >= 0.3 is 0 Å². The van der Waals surface area contributed by atoms with Crippen LogP contribution in [0.2, 0.25) is 39.3 Å². The summed E-state index contributed by atoms with van der Waals surface area (Å²) in [6.45, 7) is 13.2. The zero-order chi connectivity index (χ0) is 16.6. The summed E-state index contributed by atoms with van der Waals surface area (Å²) in [5, 5.41) is 0. The topological polar surface area (TPSA) is 12.9 Å². The highest BCUT2D eigenvalue weighted by atomic mass is 28.3. The average Bonchev–Trinajstić information content (AvgIpc) is 2.38. The van der Waals surface area contributed by atoms with E-state index in [0.29, 0.717) is 11.4 Å². The summed E-state index contributed by atoms with van der Waals surface area (Å²) in [4.78, 5) is 4.38. The van der Waals surface area contributed by atoms with Crippen LogP contribution in [0.5, 0.6) is 0 Å². The maximum Gasteiger partial charge on any atom is 0.130 e. The van der Waals surface area contributed by atoms with Gasteiger partial charge in [0.05, 0.1) is 0 Å². The largest absolute Gasteiger partial charge is 0.231 e. The summed E-state index contributed by atoms with van der Waals surface area (Å²) in [5.74, 6) is 17.5. The molecule has 0 amide bonds. The lowest BCUT2D eigenvalue weighted by Gasteiger charge is -2.01. The van der Waals surface area contributed by atoms with Crippen molar-refractivity contribution >= 4 is 16.1 Å². The number of hydrogen-bond acceptors (Lipinski definition) is 1. The molecular formula is C19H21NSi2. The first-order valence-electron chi connectivity index (χ1n) is 7.19.